The smallest absolute Gasteiger partial charge is 0.235 e. The number of halogens is 1. The fourth-order valence-corrected chi connectivity index (χ4v) is 2.71. The Morgan fingerprint density at radius 3 is 2.60 bits per heavy atom. The molecule has 3 N–H and O–H groups in total. The maximum atomic E-state index is 13.7. The number of carbonyl (C=O) groups is 1. The zero-order valence-electron chi connectivity index (χ0n) is 12.0. The van der Waals surface area contributed by atoms with Crippen molar-refractivity contribution in [2.45, 2.75) is 37.3 Å². The molecule has 2 unspecified atom stereocenters. The molecule has 0 bridgehead atoms. The van der Waals surface area contributed by atoms with Gasteiger partial charge >= 0.3 is 0 Å². The number of nitrogen functional groups attached to an aromatic ring is 1. The highest BCUT2D eigenvalue weighted by Gasteiger charge is 2.23. The van der Waals surface area contributed by atoms with Gasteiger partial charge < -0.3 is 11.1 Å². The predicted octanol–water partition coefficient (Wildman–Crippen LogP) is 2.07. The van der Waals surface area contributed by atoms with E-state index in [1.54, 1.807) is 0 Å². The first-order chi connectivity index (χ1) is 9.32. The SMILES string of the molecule is CC(C)CCNC(=O)C(C)S(=O)c1ccc(N)cc1F. The van der Waals surface area contributed by atoms with Gasteiger partial charge in [0.15, 0.2) is 0 Å². The van der Waals surface area contributed by atoms with Gasteiger partial charge in [-0.15, -0.1) is 0 Å². The van der Waals surface area contributed by atoms with Gasteiger partial charge in [0.2, 0.25) is 5.91 Å². The molecule has 1 aromatic rings. The van der Waals surface area contributed by atoms with E-state index in [4.69, 9.17) is 5.73 Å². The minimum Gasteiger partial charge on any atom is -0.399 e. The lowest BCUT2D eigenvalue weighted by molar-refractivity contribution is -0.120. The van der Waals surface area contributed by atoms with Crippen LogP contribution >= 0.6 is 0 Å². The van der Waals surface area contributed by atoms with E-state index < -0.39 is 21.9 Å². The maximum Gasteiger partial charge on any atom is 0.235 e. The van der Waals surface area contributed by atoms with Crippen LogP contribution in [0.4, 0.5) is 10.1 Å². The monoisotopic (exact) mass is 300 g/mol. The largest absolute Gasteiger partial charge is 0.399 e. The fraction of sp³-hybridized carbons (Fsp3) is 0.500. The van der Waals surface area contributed by atoms with E-state index >= 15 is 0 Å². The topological polar surface area (TPSA) is 72.2 Å². The number of hydrogen-bond acceptors (Lipinski definition) is 3. The van der Waals surface area contributed by atoms with E-state index in [0.717, 1.165) is 12.5 Å². The Morgan fingerprint density at radius 1 is 1.40 bits per heavy atom. The number of amides is 1. The molecule has 0 aliphatic heterocycles. The summed E-state index contributed by atoms with van der Waals surface area (Å²) in [5.41, 5.74) is 5.70. The summed E-state index contributed by atoms with van der Waals surface area (Å²) in [7, 11) is -1.73. The Balaban J connectivity index is 2.68. The normalized spacial score (nSPS) is 14.1. The van der Waals surface area contributed by atoms with E-state index in [0.29, 0.717) is 12.5 Å². The highest BCUT2D eigenvalue weighted by atomic mass is 32.2. The minimum absolute atomic E-state index is 0.00529. The number of anilines is 1. The van der Waals surface area contributed by atoms with E-state index in [-0.39, 0.29) is 16.5 Å². The average Bonchev–Trinajstić information content (AvgIpc) is 2.36. The molecule has 0 spiro atoms. The first-order valence-electron chi connectivity index (χ1n) is 6.56. The van der Waals surface area contributed by atoms with Crippen molar-refractivity contribution in [3.8, 4) is 0 Å². The third-order valence-corrected chi connectivity index (χ3v) is 4.50. The van der Waals surface area contributed by atoms with E-state index in [1.807, 2.05) is 0 Å². The summed E-state index contributed by atoms with van der Waals surface area (Å²) in [6, 6.07) is 3.94. The Bertz CT molecular complexity index is 506. The van der Waals surface area contributed by atoms with Crippen molar-refractivity contribution in [1.82, 2.24) is 5.32 Å². The molecule has 0 aliphatic rings. The summed E-state index contributed by atoms with van der Waals surface area (Å²) in [5, 5.41) is 1.91. The molecule has 20 heavy (non-hydrogen) atoms. The van der Waals surface area contributed by atoms with Gasteiger partial charge in [-0.2, -0.15) is 0 Å². The number of nitrogens with one attached hydrogen (secondary N) is 1. The molecular formula is C14H21FN2O2S. The highest BCUT2D eigenvalue weighted by molar-refractivity contribution is 7.86. The Kier molecular flexibility index (Phi) is 6.13. The molecule has 6 heteroatoms. The second-order valence-corrected chi connectivity index (χ2v) is 6.84. The molecule has 0 aliphatic carbocycles. The van der Waals surface area contributed by atoms with Gasteiger partial charge in [0.1, 0.15) is 11.1 Å². The summed E-state index contributed by atoms with van der Waals surface area (Å²) in [6.07, 6.45) is 0.849. The second-order valence-electron chi connectivity index (χ2n) is 5.10. The van der Waals surface area contributed by atoms with Crippen LogP contribution in [0.2, 0.25) is 0 Å². The van der Waals surface area contributed by atoms with Gasteiger partial charge in [0.25, 0.3) is 0 Å². The Morgan fingerprint density at radius 2 is 2.05 bits per heavy atom. The summed E-state index contributed by atoms with van der Waals surface area (Å²) in [4.78, 5) is 11.9. The minimum atomic E-state index is -1.73. The van der Waals surface area contributed by atoms with Crippen LogP contribution in [0.5, 0.6) is 0 Å². The molecule has 4 nitrogen and oxygen atoms in total. The summed E-state index contributed by atoms with van der Waals surface area (Å²) < 4.78 is 25.9. The molecule has 1 aromatic carbocycles. The van der Waals surface area contributed by atoms with Gasteiger partial charge in [0.05, 0.1) is 15.7 Å². The zero-order chi connectivity index (χ0) is 15.3. The molecule has 1 rings (SSSR count). The standard InChI is InChI=1S/C14H21FN2O2S/c1-9(2)6-7-17-14(18)10(3)20(19)13-5-4-11(16)8-12(13)15/h4-5,8-10H,6-7,16H2,1-3H3,(H,17,18). The van der Waals surface area contributed by atoms with Crippen molar-refractivity contribution in [3.63, 3.8) is 0 Å². The summed E-state index contributed by atoms with van der Waals surface area (Å²) >= 11 is 0. The van der Waals surface area contributed by atoms with Crippen LogP contribution in [-0.4, -0.2) is 21.9 Å². The molecule has 0 aromatic heterocycles. The molecule has 1 amide bonds. The highest BCUT2D eigenvalue weighted by Crippen LogP contribution is 2.18. The molecule has 112 valence electrons. The number of benzene rings is 1. The van der Waals surface area contributed by atoms with Gasteiger partial charge in [-0.05, 0) is 37.5 Å². The first kappa shape index (κ1) is 16.6. The van der Waals surface area contributed by atoms with Crippen LogP contribution in [-0.2, 0) is 15.6 Å². The molecule has 0 saturated carbocycles. The van der Waals surface area contributed by atoms with Crippen molar-refractivity contribution in [1.29, 1.82) is 0 Å². The van der Waals surface area contributed by atoms with Gasteiger partial charge in [0, 0.05) is 12.2 Å². The third kappa shape index (κ3) is 4.59. The van der Waals surface area contributed by atoms with Crippen LogP contribution < -0.4 is 11.1 Å². The van der Waals surface area contributed by atoms with Crippen molar-refractivity contribution in [2.24, 2.45) is 5.92 Å². The predicted molar refractivity (Wildman–Crippen MR) is 79.1 cm³/mol. The molecular weight excluding hydrogens is 279 g/mol. The van der Waals surface area contributed by atoms with E-state index in [1.165, 1.54) is 19.1 Å². The van der Waals surface area contributed by atoms with E-state index in [2.05, 4.69) is 19.2 Å². The number of rotatable bonds is 6. The van der Waals surface area contributed by atoms with Gasteiger partial charge in [-0.1, -0.05) is 13.8 Å². The maximum absolute atomic E-state index is 13.7. The molecule has 0 fully saturated rings. The van der Waals surface area contributed by atoms with Crippen LogP contribution in [0.15, 0.2) is 23.1 Å². The third-order valence-electron chi connectivity index (χ3n) is 2.88. The lowest BCUT2D eigenvalue weighted by Crippen LogP contribution is -2.36. The second kappa shape index (κ2) is 7.38. The van der Waals surface area contributed by atoms with Crippen molar-refractivity contribution in [3.05, 3.63) is 24.0 Å². The van der Waals surface area contributed by atoms with Crippen LogP contribution in [0.25, 0.3) is 0 Å². The quantitative estimate of drug-likeness (QED) is 0.790. The van der Waals surface area contributed by atoms with Crippen LogP contribution in [0.3, 0.4) is 0 Å². The summed E-state index contributed by atoms with van der Waals surface area (Å²) in [6.45, 7) is 6.16. The fourth-order valence-electron chi connectivity index (χ4n) is 1.60. The van der Waals surface area contributed by atoms with Gasteiger partial charge in [-0.3, -0.25) is 9.00 Å². The number of hydrogen-bond donors (Lipinski definition) is 2. The first-order valence-corrected chi connectivity index (χ1v) is 7.77. The Hall–Kier alpha value is -1.43. The van der Waals surface area contributed by atoms with Crippen LogP contribution in [0, 0.1) is 11.7 Å². The van der Waals surface area contributed by atoms with Crippen molar-refractivity contribution in [2.75, 3.05) is 12.3 Å². The van der Waals surface area contributed by atoms with Crippen molar-refractivity contribution < 1.29 is 13.4 Å². The van der Waals surface area contributed by atoms with E-state index in [9.17, 15) is 13.4 Å². The van der Waals surface area contributed by atoms with Gasteiger partial charge in [-0.25, -0.2) is 4.39 Å². The summed E-state index contributed by atoms with van der Waals surface area (Å²) in [5.74, 6) is -0.504. The number of carbonyl (C=O) groups excluding carboxylic acids is 1. The van der Waals surface area contributed by atoms with Crippen LogP contribution in [0.1, 0.15) is 27.2 Å². The molecule has 2 atom stereocenters. The average molecular weight is 300 g/mol. The lowest BCUT2D eigenvalue weighted by atomic mass is 10.1. The Labute approximate surface area is 121 Å². The molecule has 0 saturated heterocycles. The molecule has 0 heterocycles. The molecule has 0 radical (unpaired) electrons. The lowest BCUT2D eigenvalue weighted by Gasteiger charge is -2.13. The van der Waals surface area contributed by atoms with Crippen molar-refractivity contribution >= 4 is 22.4 Å². The zero-order valence-corrected chi connectivity index (χ0v) is 12.8. The number of nitrogens with two attached hydrogens (primary N) is 1.